The Kier molecular flexibility index (Phi) is 12.0. The number of thioether (sulfide) groups is 1. The van der Waals surface area contributed by atoms with E-state index in [0.717, 1.165) is 30.4 Å². The van der Waals surface area contributed by atoms with Gasteiger partial charge >= 0.3 is 5.97 Å². The van der Waals surface area contributed by atoms with Crippen LogP contribution in [0.1, 0.15) is 46.0 Å². The van der Waals surface area contributed by atoms with E-state index in [1.165, 1.54) is 11.3 Å². The second-order valence-corrected chi connectivity index (χ2v) is 11.3. The van der Waals surface area contributed by atoms with Crippen LogP contribution < -0.4 is 0 Å². The molecule has 0 aliphatic heterocycles. The number of unbranched alkanes of at least 4 members (excludes halogenated alkanes) is 3. The topological polar surface area (TPSA) is 85.2 Å². The number of azo groups is 1. The van der Waals surface area contributed by atoms with Crippen LogP contribution in [0.4, 0.5) is 11.4 Å². The van der Waals surface area contributed by atoms with Crippen LogP contribution in [-0.4, -0.2) is 32.5 Å². The van der Waals surface area contributed by atoms with Crippen molar-refractivity contribution in [3.63, 3.8) is 0 Å². The normalized spacial score (nSPS) is 12.5. The molecule has 0 saturated heterocycles. The number of benzene rings is 2. The molecule has 0 amide bonds. The number of nitrogens with zero attached hydrogens (tertiary/aromatic N) is 2. The summed E-state index contributed by atoms with van der Waals surface area (Å²) in [5.41, 5.74) is 1.35. The molecular formula is C26H34N2O4S2. The summed E-state index contributed by atoms with van der Waals surface area (Å²) in [6.45, 7) is 8.12. The highest BCUT2D eigenvalue weighted by molar-refractivity contribution is 7.99. The van der Waals surface area contributed by atoms with Gasteiger partial charge in [-0.1, -0.05) is 39.7 Å². The van der Waals surface area contributed by atoms with E-state index < -0.39 is 15.8 Å². The molecule has 0 aromatic heterocycles. The monoisotopic (exact) mass is 502 g/mol. The molecule has 0 radical (unpaired) electrons. The number of esters is 1. The fourth-order valence-corrected chi connectivity index (χ4v) is 5.31. The van der Waals surface area contributed by atoms with Crippen molar-refractivity contribution in [2.75, 3.05) is 18.1 Å². The Morgan fingerprint density at radius 1 is 1.00 bits per heavy atom. The zero-order valence-electron chi connectivity index (χ0n) is 20.0. The number of carbonyl (C=O) groups excluding carboxylic acids is 1. The molecular weight excluding hydrogens is 468 g/mol. The number of rotatable bonds is 15. The fraction of sp³-hybridized carbons (Fsp3) is 0.423. The summed E-state index contributed by atoms with van der Waals surface area (Å²) in [7, 11) is -3.35. The molecule has 1 unspecified atom stereocenters. The molecule has 0 saturated carbocycles. The summed E-state index contributed by atoms with van der Waals surface area (Å²) in [5, 5.41) is 8.47. The van der Waals surface area contributed by atoms with Crippen LogP contribution in [0.3, 0.4) is 0 Å². The Morgan fingerprint density at radius 2 is 1.59 bits per heavy atom. The highest BCUT2D eigenvalue weighted by atomic mass is 32.2. The van der Waals surface area contributed by atoms with Crippen LogP contribution in [0, 0.1) is 5.92 Å². The van der Waals surface area contributed by atoms with Crippen LogP contribution in [0.5, 0.6) is 0 Å². The van der Waals surface area contributed by atoms with Crippen molar-refractivity contribution in [1.29, 1.82) is 0 Å². The molecule has 0 N–H and O–H groups in total. The number of ether oxygens (including phenoxy) is 1. The van der Waals surface area contributed by atoms with Crippen molar-refractivity contribution in [1.82, 2.24) is 0 Å². The van der Waals surface area contributed by atoms with E-state index in [9.17, 15) is 13.2 Å². The third-order valence-corrected chi connectivity index (χ3v) is 8.42. The van der Waals surface area contributed by atoms with Crippen LogP contribution in [-0.2, 0) is 19.4 Å². The second kappa shape index (κ2) is 14.7. The van der Waals surface area contributed by atoms with Gasteiger partial charge in [-0.2, -0.15) is 10.2 Å². The summed E-state index contributed by atoms with van der Waals surface area (Å²) < 4.78 is 30.0. The maximum atomic E-state index is 12.5. The highest BCUT2D eigenvalue weighted by Crippen LogP contribution is 2.26. The Hall–Kier alpha value is -2.45. The standard InChI is InChI=1S/C26H34N2O4S2/c1-4-21(3)20-33-24-14-10-22(11-15-24)27-28-23-12-16-25(17-13-23)34(30,31)19-9-7-6-8-18-32-26(29)5-2/h5,10-17,21H,2,4,6-9,18-20H2,1,3H3. The predicted octanol–water partition coefficient (Wildman–Crippen LogP) is 7.30. The molecule has 6 nitrogen and oxygen atoms in total. The van der Waals surface area contributed by atoms with Gasteiger partial charge in [0.05, 0.1) is 28.6 Å². The van der Waals surface area contributed by atoms with E-state index in [2.05, 4.69) is 30.7 Å². The summed E-state index contributed by atoms with van der Waals surface area (Å²) in [6.07, 6.45) is 5.13. The van der Waals surface area contributed by atoms with E-state index in [1.54, 1.807) is 24.3 Å². The van der Waals surface area contributed by atoms with Gasteiger partial charge in [0.2, 0.25) is 0 Å². The molecule has 1 atom stereocenters. The average Bonchev–Trinajstić information content (AvgIpc) is 2.86. The van der Waals surface area contributed by atoms with Crippen molar-refractivity contribution >= 4 is 38.9 Å². The smallest absolute Gasteiger partial charge is 0.330 e. The lowest BCUT2D eigenvalue weighted by Crippen LogP contribution is -2.07. The quantitative estimate of drug-likeness (QED) is 0.0838. The van der Waals surface area contributed by atoms with Gasteiger partial charge in [-0.15, -0.1) is 11.8 Å². The van der Waals surface area contributed by atoms with Gasteiger partial charge in [-0.3, -0.25) is 0 Å². The third kappa shape index (κ3) is 10.2. The minimum absolute atomic E-state index is 0.0850. The van der Waals surface area contributed by atoms with Crippen LogP contribution in [0.25, 0.3) is 0 Å². The molecule has 0 aliphatic rings. The Bertz CT molecular complexity index is 1030. The predicted molar refractivity (Wildman–Crippen MR) is 139 cm³/mol. The van der Waals surface area contributed by atoms with Crippen LogP contribution >= 0.6 is 11.8 Å². The molecule has 0 fully saturated rings. The molecule has 34 heavy (non-hydrogen) atoms. The van der Waals surface area contributed by atoms with Gasteiger partial charge in [0, 0.05) is 16.7 Å². The molecule has 2 aromatic rings. The summed E-state index contributed by atoms with van der Waals surface area (Å²) in [5.74, 6) is 1.44. The summed E-state index contributed by atoms with van der Waals surface area (Å²) in [4.78, 5) is 12.5. The first-order valence-electron chi connectivity index (χ1n) is 11.6. The molecule has 2 aromatic carbocycles. The lowest BCUT2D eigenvalue weighted by Gasteiger charge is -2.07. The van der Waals surface area contributed by atoms with Gasteiger partial charge in [0.25, 0.3) is 0 Å². The van der Waals surface area contributed by atoms with Crippen LogP contribution in [0.2, 0.25) is 0 Å². The summed E-state index contributed by atoms with van der Waals surface area (Å²) >= 11 is 1.84. The highest BCUT2D eigenvalue weighted by Gasteiger charge is 2.13. The lowest BCUT2D eigenvalue weighted by atomic mass is 10.2. The minimum atomic E-state index is -3.35. The molecule has 0 spiro atoms. The molecule has 0 heterocycles. The Balaban J connectivity index is 1.79. The Morgan fingerprint density at radius 3 is 2.18 bits per heavy atom. The largest absolute Gasteiger partial charge is 0.463 e. The van der Waals surface area contributed by atoms with E-state index in [4.69, 9.17) is 4.74 Å². The van der Waals surface area contributed by atoms with Gasteiger partial charge in [-0.05, 0) is 67.3 Å². The third-order valence-electron chi connectivity index (χ3n) is 5.26. The number of carbonyl (C=O) groups is 1. The molecule has 0 aliphatic carbocycles. The van der Waals surface area contributed by atoms with Gasteiger partial charge < -0.3 is 4.74 Å². The second-order valence-electron chi connectivity index (χ2n) is 8.12. The number of hydrogen-bond donors (Lipinski definition) is 0. The van der Waals surface area contributed by atoms with E-state index in [-0.39, 0.29) is 10.6 Å². The average molecular weight is 503 g/mol. The van der Waals surface area contributed by atoms with E-state index >= 15 is 0 Å². The van der Waals surface area contributed by atoms with Gasteiger partial charge in [0.1, 0.15) is 0 Å². The zero-order chi connectivity index (χ0) is 24.8. The number of sulfone groups is 1. The first-order valence-corrected chi connectivity index (χ1v) is 14.2. The van der Waals surface area contributed by atoms with Crippen molar-refractivity contribution in [2.45, 2.75) is 55.7 Å². The van der Waals surface area contributed by atoms with Crippen molar-refractivity contribution in [3.8, 4) is 0 Å². The maximum absolute atomic E-state index is 12.5. The minimum Gasteiger partial charge on any atom is -0.463 e. The molecule has 184 valence electrons. The summed E-state index contributed by atoms with van der Waals surface area (Å²) in [6, 6.07) is 14.5. The fourth-order valence-electron chi connectivity index (χ4n) is 2.90. The van der Waals surface area contributed by atoms with E-state index in [1.807, 2.05) is 36.0 Å². The first-order chi connectivity index (χ1) is 16.3. The van der Waals surface area contributed by atoms with Crippen molar-refractivity contribution in [2.24, 2.45) is 16.1 Å². The van der Waals surface area contributed by atoms with Crippen LogP contribution in [0.15, 0.2) is 81.2 Å². The Labute approximate surface area is 207 Å². The van der Waals surface area contributed by atoms with E-state index in [0.29, 0.717) is 31.1 Å². The zero-order valence-corrected chi connectivity index (χ0v) is 21.6. The molecule has 0 bridgehead atoms. The number of hydrogen-bond acceptors (Lipinski definition) is 7. The van der Waals surface area contributed by atoms with Crippen molar-refractivity contribution < 1.29 is 17.9 Å². The van der Waals surface area contributed by atoms with Gasteiger partial charge in [0.15, 0.2) is 9.84 Å². The van der Waals surface area contributed by atoms with Crippen molar-refractivity contribution in [3.05, 3.63) is 61.2 Å². The first kappa shape index (κ1) is 27.8. The maximum Gasteiger partial charge on any atom is 0.330 e. The molecule has 8 heteroatoms. The molecule has 2 rings (SSSR count). The SMILES string of the molecule is C=CC(=O)OCCCCCCS(=O)(=O)c1ccc(N=Nc2ccc(SCC(C)CC)cc2)cc1. The lowest BCUT2D eigenvalue weighted by molar-refractivity contribution is -0.137. The van der Waals surface area contributed by atoms with Gasteiger partial charge in [-0.25, -0.2) is 13.2 Å².